The van der Waals surface area contributed by atoms with E-state index in [1.165, 1.54) is 0 Å². The number of ether oxygens (including phenoxy) is 8. The van der Waals surface area contributed by atoms with E-state index in [9.17, 15) is 19.2 Å². The summed E-state index contributed by atoms with van der Waals surface area (Å²) in [5.41, 5.74) is 0.915. The minimum absolute atomic E-state index is 0.0686. The van der Waals surface area contributed by atoms with Crippen LogP contribution in [0.1, 0.15) is 33.6 Å². The summed E-state index contributed by atoms with van der Waals surface area (Å²) < 4.78 is 43.5. The Labute approximate surface area is 275 Å². The van der Waals surface area contributed by atoms with Gasteiger partial charge in [-0.1, -0.05) is 12.1 Å². The van der Waals surface area contributed by atoms with Crippen LogP contribution in [0.15, 0.2) is 30.9 Å². The second-order valence-corrected chi connectivity index (χ2v) is 10.3. The van der Waals surface area contributed by atoms with Crippen LogP contribution in [0, 0.1) is 0 Å². The number of imide groups is 2. The summed E-state index contributed by atoms with van der Waals surface area (Å²) in [5.74, 6) is -2.16. The van der Waals surface area contributed by atoms with Crippen molar-refractivity contribution in [2.24, 2.45) is 0 Å². The molecule has 1 aromatic rings. The van der Waals surface area contributed by atoms with Gasteiger partial charge in [0.25, 0.3) is 11.8 Å². The summed E-state index contributed by atoms with van der Waals surface area (Å²) in [6.07, 6.45) is 1.87. The van der Waals surface area contributed by atoms with Crippen molar-refractivity contribution < 1.29 is 57.1 Å². The predicted molar refractivity (Wildman–Crippen MR) is 168 cm³/mol. The molecule has 1 unspecified atom stereocenters. The zero-order chi connectivity index (χ0) is 33.5. The standard InChI is InChI=1S/C32H47N3O12/c1-2-9-40-11-13-42-15-17-44-19-21-46-23-24-47-22-20-45-18-16-43-14-12-41-10-8-33-26-5-3-4-25-29(26)32(39)35(31(25)38)27-6-7-28(36)34-30(27)37/h2-5,27,33H,1,6-24H2,(H,34,36,37). The summed E-state index contributed by atoms with van der Waals surface area (Å²) in [5, 5.41) is 5.32. The van der Waals surface area contributed by atoms with Gasteiger partial charge in [-0.2, -0.15) is 0 Å². The van der Waals surface area contributed by atoms with Crippen LogP contribution in [0.5, 0.6) is 0 Å². The van der Waals surface area contributed by atoms with Crippen molar-refractivity contribution in [1.29, 1.82) is 0 Å². The lowest BCUT2D eigenvalue weighted by Crippen LogP contribution is -2.54. The highest BCUT2D eigenvalue weighted by molar-refractivity contribution is 6.25. The molecule has 1 aromatic carbocycles. The molecule has 0 radical (unpaired) electrons. The quantitative estimate of drug-likeness (QED) is 0.0734. The van der Waals surface area contributed by atoms with E-state index in [4.69, 9.17) is 37.9 Å². The van der Waals surface area contributed by atoms with E-state index in [1.807, 2.05) is 0 Å². The van der Waals surface area contributed by atoms with Crippen molar-refractivity contribution in [3.05, 3.63) is 42.0 Å². The molecule has 262 valence electrons. The summed E-state index contributed by atoms with van der Waals surface area (Å²) in [7, 11) is 0. The Morgan fingerprint density at radius 3 is 1.68 bits per heavy atom. The third-order valence-corrected chi connectivity index (χ3v) is 6.87. The lowest BCUT2D eigenvalue weighted by atomic mass is 10.0. The van der Waals surface area contributed by atoms with E-state index in [0.717, 1.165) is 4.90 Å². The van der Waals surface area contributed by atoms with Crippen LogP contribution in [-0.4, -0.2) is 147 Å². The number of amides is 4. The number of nitrogens with one attached hydrogen (secondary N) is 2. The maximum Gasteiger partial charge on any atom is 0.264 e. The minimum atomic E-state index is -1.01. The topological polar surface area (TPSA) is 169 Å². The highest BCUT2D eigenvalue weighted by Gasteiger charge is 2.45. The van der Waals surface area contributed by atoms with E-state index in [1.54, 1.807) is 24.3 Å². The molecule has 3 rings (SSSR count). The number of hydrogen-bond acceptors (Lipinski definition) is 13. The first kappa shape index (κ1) is 38.2. The van der Waals surface area contributed by atoms with Crippen molar-refractivity contribution in [3.63, 3.8) is 0 Å². The van der Waals surface area contributed by atoms with E-state index in [0.29, 0.717) is 118 Å². The van der Waals surface area contributed by atoms with E-state index in [2.05, 4.69) is 17.2 Å². The molecule has 1 fully saturated rings. The second-order valence-electron chi connectivity index (χ2n) is 10.3. The number of fused-ring (bicyclic) bond motifs is 1. The zero-order valence-electron chi connectivity index (χ0n) is 26.9. The Morgan fingerprint density at radius 2 is 1.19 bits per heavy atom. The number of hydrogen-bond donors (Lipinski definition) is 2. The van der Waals surface area contributed by atoms with Crippen LogP contribution < -0.4 is 10.6 Å². The van der Waals surface area contributed by atoms with Crippen LogP contribution in [0.2, 0.25) is 0 Å². The fraction of sp³-hybridized carbons (Fsp3) is 0.625. The molecule has 1 atom stereocenters. The molecule has 0 bridgehead atoms. The molecule has 1 saturated heterocycles. The van der Waals surface area contributed by atoms with Gasteiger partial charge in [0.1, 0.15) is 6.04 Å². The SMILES string of the molecule is C=CCOCCOCCOCCOCCOCCOCCOCCOCCNc1cccc2c1C(=O)N(C1CCC(=O)NC1=O)C2=O. The maximum absolute atomic E-state index is 13.1. The lowest BCUT2D eigenvalue weighted by molar-refractivity contribution is -0.136. The Kier molecular flexibility index (Phi) is 18.8. The molecule has 2 heterocycles. The number of nitrogens with zero attached hydrogens (tertiary/aromatic N) is 1. The number of carbonyl (C=O) groups excluding carboxylic acids is 4. The molecule has 2 aliphatic rings. The molecule has 47 heavy (non-hydrogen) atoms. The smallest absolute Gasteiger partial charge is 0.264 e. The van der Waals surface area contributed by atoms with Gasteiger partial charge in [-0.05, 0) is 18.6 Å². The molecule has 2 N–H and O–H groups in total. The maximum atomic E-state index is 13.1. The van der Waals surface area contributed by atoms with Gasteiger partial charge < -0.3 is 43.2 Å². The van der Waals surface area contributed by atoms with Gasteiger partial charge in [-0.25, -0.2) is 0 Å². The van der Waals surface area contributed by atoms with Crippen LogP contribution >= 0.6 is 0 Å². The highest BCUT2D eigenvalue weighted by Crippen LogP contribution is 2.32. The first-order valence-corrected chi connectivity index (χ1v) is 15.9. The molecule has 0 saturated carbocycles. The fourth-order valence-corrected chi connectivity index (χ4v) is 4.63. The van der Waals surface area contributed by atoms with Crippen LogP contribution in [0.4, 0.5) is 5.69 Å². The van der Waals surface area contributed by atoms with Crippen molar-refractivity contribution >= 4 is 29.3 Å². The Hall–Kier alpha value is -3.28. The van der Waals surface area contributed by atoms with Gasteiger partial charge in [0.05, 0.1) is 117 Å². The molecule has 15 heteroatoms. The molecule has 4 amide bonds. The second kappa shape index (κ2) is 23.1. The number of piperidine rings is 1. The molecule has 2 aliphatic heterocycles. The number of benzene rings is 1. The van der Waals surface area contributed by atoms with Gasteiger partial charge >= 0.3 is 0 Å². The Morgan fingerprint density at radius 1 is 0.702 bits per heavy atom. The normalized spacial score (nSPS) is 16.1. The number of rotatable bonds is 28. The molecular formula is C32H47N3O12. The number of carbonyl (C=O) groups is 4. The third-order valence-electron chi connectivity index (χ3n) is 6.87. The first-order valence-electron chi connectivity index (χ1n) is 15.9. The predicted octanol–water partition coefficient (Wildman–Crippen LogP) is 0.819. The van der Waals surface area contributed by atoms with Crippen molar-refractivity contribution in [3.8, 4) is 0 Å². The number of anilines is 1. The summed E-state index contributed by atoms with van der Waals surface area (Å²) >= 11 is 0. The van der Waals surface area contributed by atoms with Crippen molar-refractivity contribution in [2.45, 2.75) is 18.9 Å². The van der Waals surface area contributed by atoms with Crippen molar-refractivity contribution in [1.82, 2.24) is 10.2 Å². The highest BCUT2D eigenvalue weighted by atomic mass is 16.6. The molecular weight excluding hydrogens is 618 g/mol. The molecule has 0 spiro atoms. The van der Waals surface area contributed by atoms with Crippen molar-refractivity contribution in [2.75, 3.05) is 118 Å². The minimum Gasteiger partial charge on any atom is -0.382 e. The van der Waals surface area contributed by atoms with Crippen LogP contribution in [0.25, 0.3) is 0 Å². The van der Waals surface area contributed by atoms with E-state index in [-0.39, 0.29) is 24.0 Å². The molecule has 0 aromatic heterocycles. The monoisotopic (exact) mass is 665 g/mol. The molecule has 0 aliphatic carbocycles. The van der Waals surface area contributed by atoms with Gasteiger partial charge in [0, 0.05) is 18.7 Å². The molecule has 15 nitrogen and oxygen atoms in total. The summed E-state index contributed by atoms with van der Waals surface area (Å²) in [6.45, 7) is 11.4. The average molecular weight is 666 g/mol. The largest absolute Gasteiger partial charge is 0.382 e. The van der Waals surface area contributed by atoms with Gasteiger partial charge in [-0.15, -0.1) is 6.58 Å². The fourth-order valence-electron chi connectivity index (χ4n) is 4.63. The third kappa shape index (κ3) is 13.8. The summed E-state index contributed by atoms with van der Waals surface area (Å²) in [6, 6.07) is 3.91. The first-order chi connectivity index (χ1) is 23.0. The summed E-state index contributed by atoms with van der Waals surface area (Å²) in [4.78, 5) is 50.7. The zero-order valence-corrected chi connectivity index (χ0v) is 26.9. The van der Waals surface area contributed by atoms with Crippen LogP contribution in [-0.2, 0) is 47.5 Å². The van der Waals surface area contributed by atoms with E-state index < -0.39 is 29.7 Å². The van der Waals surface area contributed by atoms with Gasteiger partial charge in [0.2, 0.25) is 11.8 Å². The van der Waals surface area contributed by atoms with Gasteiger partial charge in [-0.3, -0.25) is 29.4 Å². The van der Waals surface area contributed by atoms with Gasteiger partial charge in [0.15, 0.2) is 0 Å². The van der Waals surface area contributed by atoms with E-state index >= 15 is 0 Å². The average Bonchev–Trinajstić information content (AvgIpc) is 3.32. The van der Waals surface area contributed by atoms with Crippen LogP contribution in [0.3, 0.4) is 0 Å². The lowest BCUT2D eigenvalue weighted by Gasteiger charge is -2.27. The Bertz CT molecular complexity index is 1130. The Balaban J connectivity index is 1.09.